The van der Waals surface area contributed by atoms with E-state index in [-0.39, 0.29) is 0 Å². The van der Waals surface area contributed by atoms with Gasteiger partial charge in [0.25, 0.3) is 6.17 Å². The molecular weight excluding hydrogens is 427 g/mol. The molecule has 0 aliphatic rings. The Bertz CT molecular complexity index is 324. The van der Waals surface area contributed by atoms with E-state index in [9.17, 15) is 52.7 Å². The molecule has 0 radical (unpaired) electrons. The van der Waals surface area contributed by atoms with Gasteiger partial charge in [0.15, 0.2) is 0 Å². The fourth-order valence-electron chi connectivity index (χ4n) is 0.752. The minimum atomic E-state index is -7.26. The van der Waals surface area contributed by atoms with Gasteiger partial charge in [0.05, 0.1) is 0 Å². The van der Waals surface area contributed by atoms with E-state index in [1.54, 1.807) is 0 Å². The summed E-state index contributed by atoms with van der Waals surface area (Å²) in [7, 11) is 0. The van der Waals surface area contributed by atoms with Gasteiger partial charge in [-0.05, 0) is 0 Å². The molecule has 0 heterocycles. The molecule has 0 spiro atoms. The van der Waals surface area contributed by atoms with Crippen LogP contribution in [0.5, 0.6) is 0 Å². The lowest BCUT2D eigenvalue weighted by molar-refractivity contribution is -0.376. The van der Waals surface area contributed by atoms with Crippen LogP contribution in [0.25, 0.3) is 0 Å². The summed E-state index contributed by atoms with van der Waals surface area (Å²) in [6, 6.07) is 0. The first-order valence-corrected chi connectivity index (χ1v) is 4.89. The van der Waals surface area contributed by atoms with Crippen molar-refractivity contribution in [3.63, 3.8) is 0 Å². The number of hydrogen-bond donors (Lipinski definition) is 0. The van der Waals surface area contributed by atoms with Gasteiger partial charge in [-0.2, -0.15) is 48.3 Å². The molecule has 0 N–H and O–H groups in total. The van der Waals surface area contributed by atoms with Gasteiger partial charge in [0.2, 0.25) is 0 Å². The summed E-state index contributed by atoms with van der Waals surface area (Å²) in [4.78, 5) is 0. The third-order valence-corrected chi connectivity index (χ3v) is 2.45. The van der Waals surface area contributed by atoms with Crippen molar-refractivity contribution < 1.29 is 52.7 Å². The quantitative estimate of drug-likeness (QED) is 0.343. The Kier molecular flexibility index (Phi) is 4.69. The van der Waals surface area contributed by atoms with Gasteiger partial charge >= 0.3 is 27.9 Å². The molecule has 0 aromatic heterocycles. The zero-order valence-corrected chi connectivity index (χ0v) is 10.1. The van der Waals surface area contributed by atoms with Gasteiger partial charge in [-0.1, -0.05) is 0 Å². The van der Waals surface area contributed by atoms with Gasteiger partial charge in [-0.25, -0.2) is 4.39 Å². The van der Waals surface area contributed by atoms with Crippen LogP contribution in [-0.4, -0.2) is 34.0 Å². The van der Waals surface area contributed by atoms with E-state index in [2.05, 4.69) is 0 Å². The summed E-state index contributed by atoms with van der Waals surface area (Å²) in [6.07, 6.45) is -12.4. The largest absolute Gasteiger partial charge is 0.425 e. The van der Waals surface area contributed by atoms with Crippen molar-refractivity contribution in [2.24, 2.45) is 0 Å². The van der Waals surface area contributed by atoms with Crippen molar-refractivity contribution in [2.45, 2.75) is 34.0 Å². The Balaban J connectivity index is 5.78. The van der Waals surface area contributed by atoms with E-state index in [1.165, 1.54) is 0 Å². The SMILES string of the molecule is FC(C(F)(F)F)C(F)(F)C(F)(F)C(F)(F)C(F)(F)I. The van der Waals surface area contributed by atoms with Crippen molar-refractivity contribution in [1.29, 1.82) is 0 Å². The number of hydrogen-bond acceptors (Lipinski definition) is 0. The molecule has 0 fully saturated rings. The summed E-state index contributed by atoms with van der Waals surface area (Å²) < 4.78 is 140. The summed E-state index contributed by atoms with van der Waals surface area (Å²) >= 11 is -0.671. The highest BCUT2D eigenvalue weighted by molar-refractivity contribution is 14.1. The molecule has 13 heteroatoms. The Morgan fingerprint density at radius 3 is 1.16 bits per heavy atom. The fraction of sp³-hybridized carbons (Fsp3) is 1.00. The number of rotatable bonds is 4. The molecule has 0 bridgehead atoms. The molecule has 0 saturated heterocycles. The molecule has 0 rings (SSSR count). The predicted molar refractivity (Wildman–Crippen MR) is 44.8 cm³/mol. The van der Waals surface area contributed by atoms with Gasteiger partial charge in [0, 0.05) is 22.6 Å². The summed E-state index contributed by atoms with van der Waals surface area (Å²) in [5.41, 5.74) is 0. The van der Waals surface area contributed by atoms with E-state index >= 15 is 0 Å². The normalized spacial score (nSPS) is 17.5. The molecule has 116 valence electrons. The van der Waals surface area contributed by atoms with Gasteiger partial charge in [0.1, 0.15) is 0 Å². The lowest BCUT2D eigenvalue weighted by Crippen LogP contribution is -2.65. The lowest BCUT2D eigenvalue weighted by Gasteiger charge is -2.36. The van der Waals surface area contributed by atoms with E-state index in [4.69, 9.17) is 0 Å². The van der Waals surface area contributed by atoms with E-state index in [1.807, 2.05) is 0 Å². The molecule has 0 aromatic rings. The maximum Gasteiger partial charge on any atom is 0.425 e. The standard InChI is InChI=1S/C6HF12I/c7-1(3(10,11)12)2(8,9)4(13,14)5(15,16)6(17,18)19/h1H. The monoisotopic (exact) mass is 428 g/mol. The zero-order chi connectivity index (χ0) is 16.1. The minimum Gasteiger partial charge on any atom is -0.230 e. The Hall–Kier alpha value is -0.110. The van der Waals surface area contributed by atoms with Gasteiger partial charge in [-0.15, -0.1) is 0 Å². The van der Waals surface area contributed by atoms with Gasteiger partial charge in [-0.3, -0.25) is 0 Å². The molecule has 0 aliphatic carbocycles. The predicted octanol–water partition coefficient (Wildman–Crippen LogP) is 4.82. The van der Waals surface area contributed by atoms with Crippen LogP contribution in [-0.2, 0) is 0 Å². The molecule has 0 aliphatic heterocycles. The number of alkyl halides is 13. The molecular formula is C6HF12I. The molecule has 0 aromatic carbocycles. The van der Waals surface area contributed by atoms with Crippen LogP contribution in [0.1, 0.15) is 0 Å². The van der Waals surface area contributed by atoms with Crippen LogP contribution >= 0.6 is 22.6 Å². The fourth-order valence-corrected chi connectivity index (χ4v) is 1.09. The molecule has 0 saturated carbocycles. The maximum absolute atomic E-state index is 12.5. The zero-order valence-electron chi connectivity index (χ0n) is 7.99. The third-order valence-electron chi connectivity index (χ3n) is 1.77. The molecule has 0 amide bonds. The average Bonchev–Trinajstić information content (AvgIpc) is 2.12. The molecule has 19 heavy (non-hydrogen) atoms. The minimum absolute atomic E-state index is 0.671. The summed E-state index contributed by atoms with van der Waals surface area (Å²) in [5, 5.41) is 0. The van der Waals surface area contributed by atoms with Crippen molar-refractivity contribution in [3.8, 4) is 0 Å². The van der Waals surface area contributed by atoms with Crippen molar-refractivity contribution in [1.82, 2.24) is 0 Å². The third kappa shape index (κ3) is 2.99. The van der Waals surface area contributed by atoms with Crippen molar-refractivity contribution in [3.05, 3.63) is 0 Å². The van der Waals surface area contributed by atoms with Crippen LogP contribution < -0.4 is 0 Å². The van der Waals surface area contributed by atoms with Gasteiger partial charge < -0.3 is 0 Å². The first-order valence-electron chi connectivity index (χ1n) is 3.81. The second-order valence-electron chi connectivity index (χ2n) is 3.17. The van der Waals surface area contributed by atoms with E-state index in [0.29, 0.717) is 0 Å². The molecule has 0 nitrogen and oxygen atoms in total. The van der Waals surface area contributed by atoms with Crippen LogP contribution in [0.4, 0.5) is 52.7 Å². The van der Waals surface area contributed by atoms with Crippen LogP contribution in [0.15, 0.2) is 0 Å². The molecule has 1 atom stereocenters. The molecule has 1 unspecified atom stereocenters. The van der Waals surface area contributed by atoms with Crippen molar-refractivity contribution in [2.75, 3.05) is 0 Å². The Labute approximate surface area is 110 Å². The second-order valence-corrected chi connectivity index (χ2v) is 4.53. The van der Waals surface area contributed by atoms with Crippen molar-refractivity contribution >= 4 is 22.6 Å². The van der Waals surface area contributed by atoms with E-state index < -0.39 is 56.6 Å². The smallest absolute Gasteiger partial charge is 0.230 e. The highest BCUT2D eigenvalue weighted by atomic mass is 127. The second kappa shape index (κ2) is 4.72. The van der Waals surface area contributed by atoms with Crippen LogP contribution in [0.3, 0.4) is 0 Å². The summed E-state index contributed by atoms with van der Waals surface area (Å²) in [6.45, 7) is 0. The van der Waals surface area contributed by atoms with E-state index in [0.717, 1.165) is 0 Å². The lowest BCUT2D eigenvalue weighted by atomic mass is 10.00. The Morgan fingerprint density at radius 2 is 0.947 bits per heavy atom. The average molecular weight is 428 g/mol. The van der Waals surface area contributed by atoms with Crippen LogP contribution in [0.2, 0.25) is 0 Å². The first kappa shape index (κ1) is 18.9. The van der Waals surface area contributed by atoms with Crippen LogP contribution in [0, 0.1) is 0 Å². The Morgan fingerprint density at radius 1 is 0.632 bits per heavy atom. The first-order chi connectivity index (χ1) is 7.90. The highest BCUT2D eigenvalue weighted by Crippen LogP contribution is 2.57. The highest BCUT2D eigenvalue weighted by Gasteiger charge is 2.84. The number of halogens is 13. The topological polar surface area (TPSA) is 0 Å². The summed E-state index contributed by atoms with van der Waals surface area (Å²) in [5.74, 6) is -21.2. The maximum atomic E-state index is 12.5.